The van der Waals surface area contributed by atoms with E-state index in [9.17, 15) is 9.59 Å². The number of amides is 2. The highest BCUT2D eigenvalue weighted by atomic mass is 79.9. The summed E-state index contributed by atoms with van der Waals surface area (Å²) in [5.41, 5.74) is 3.31. The molecule has 4 bridgehead atoms. The van der Waals surface area contributed by atoms with Gasteiger partial charge in [0.15, 0.2) is 4.32 Å². The van der Waals surface area contributed by atoms with Gasteiger partial charge in [-0.3, -0.25) is 15.0 Å². The molecule has 1 aromatic carbocycles. The van der Waals surface area contributed by atoms with E-state index < -0.39 is 0 Å². The third-order valence-corrected chi connectivity index (χ3v) is 9.40. The summed E-state index contributed by atoms with van der Waals surface area (Å²) in [6, 6.07) is 3.76. The van der Waals surface area contributed by atoms with Crippen LogP contribution in [0.5, 0.6) is 5.75 Å². The number of carbonyl (C=O) groups excluding carboxylic acids is 2. The zero-order valence-electron chi connectivity index (χ0n) is 17.0. The molecule has 0 aromatic heterocycles. The van der Waals surface area contributed by atoms with Crippen molar-refractivity contribution < 1.29 is 14.3 Å². The standard InChI is InChI=1S/C22H22Br2N2O3S2/c1-29-18-14(5-15(23)7-16(18)24)6-17-19(27)26(21(30)31-17)25-20(28)22-8-11-2-12(9-22)4-13(3-11)10-22/h5-7,11-13H,2-4,8-10H2,1H3,(H,25,28)/b17-6+. The number of thiocarbonyl (C=S) groups is 1. The van der Waals surface area contributed by atoms with Crippen LogP contribution in [0.15, 0.2) is 26.0 Å². The summed E-state index contributed by atoms with van der Waals surface area (Å²) in [6.45, 7) is 0. The van der Waals surface area contributed by atoms with Gasteiger partial charge in [-0.2, -0.15) is 5.01 Å². The smallest absolute Gasteiger partial charge is 0.285 e. The fourth-order valence-corrected chi connectivity index (χ4v) is 8.81. The maximum absolute atomic E-state index is 13.4. The molecule has 1 N–H and O–H groups in total. The molecule has 1 aliphatic heterocycles. The zero-order chi connectivity index (χ0) is 21.9. The van der Waals surface area contributed by atoms with Crippen molar-refractivity contribution in [3.05, 3.63) is 31.5 Å². The lowest BCUT2D eigenvalue weighted by atomic mass is 9.49. The van der Waals surface area contributed by atoms with Crippen molar-refractivity contribution in [2.45, 2.75) is 38.5 Å². The number of thioether (sulfide) groups is 1. The first-order valence-electron chi connectivity index (χ1n) is 10.4. The summed E-state index contributed by atoms with van der Waals surface area (Å²) in [6.07, 6.45) is 8.38. The number of carbonyl (C=O) groups is 2. The lowest BCUT2D eigenvalue weighted by Crippen LogP contribution is -2.57. The van der Waals surface area contributed by atoms with Gasteiger partial charge in [0.1, 0.15) is 5.75 Å². The van der Waals surface area contributed by atoms with E-state index in [0.29, 0.717) is 32.7 Å². The third-order valence-electron chi connectivity index (χ3n) is 7.05. The zero-order valence-corrected chi connectivity index (χ0v) is 21.8. The molecule has 5 aliphatic rings. The molecule has 4 aliphatic carbocycles. The first-order chi connectivity index (χ1) is 14.8. The highest BCUT2D eigenvalue weighted by Gasteiger charge is 2.55. The van der Waals surface area contributed by atoms with Gasteiger partial charge < -0.3 is 4.74 Å². The van der Waals surface area contributed by atoms with Gasteiger partial charge >= 0.3 is 0 Å². The summed E-state index contributed by atoms with van der Waals surface area (Å²) in [5, 5.41) is 1.26. The Morgan fingerprint density at radius 3 is 2.42 bits per heavy atom. The normalized spacial score (nSPS) is 32.8. The molecule has 2 amide bonds. The number of ether oxygens (including phenoxy) is 1. The molecule has 6 rings (SSSR count). The SMILES string of the molecule is COc1c(Br)cc(Br)cc1/C=C1/SC(=S)N(NC(=O)C23CC4CC(CC(C4)C2)C3)C1=O. The molecular weight excluding hydrogens is 564 g/mol. The Morgan fingerprint density at radius 2 is 1.84 bits per heavy atom. The van der Waals surface area contributed by atoms with E-state index in [4.69, 9.17) is 17.0 Å². The van der Waals surface area contributed by atoms with Crippen LogP contribution in [-0.4, -0.2) is 28.3 Å². The van der Waals surface area contributed by atoms with Crippen LogP contribution in [0.1, 0.15) is 44.1 Å². The second kappa shape index (κ2) is 8.15. The molecule has 0 atom stereocenters. The highest BCUT2D eigenvalue weighted by molar-refractivity contribution is 9.11. The summed E-state index contributed by atoms with van der Waals surface area (Å²) >= 11 is 13.6. The Hall–Kier alpha value is -0.900. The number of nitrogens with one attached hydrogen (secondary N) is 1. The molecule has 1 heterocycles. The summed E-state index contributed by atoms with van der Waals surface area (Å²) in [4.78, 5) is 27.0. The highest BCUT2D eigenvalue weighted by Crippen LogP contribution is 2.60. The van der Waals surface area contributed by atoms with Crippen molar-refractivity contribution in [3.63, 3.8) is 0 Å². The van der Waals surface area contributed by atoms with E-state index in [1.165, 1.54) is 36.0 Å². The Balaban J connectivity index is 1.37. The fraction of sp³-hybridized carbons (Fsp3) is 0.500. The van der Waals surface area contributed by atoms with Gasteiger partial charge in [-0.15, -0.1) is 0 Å². The summed E-state index contributed by atoms with van der Waals surface area (Å²) in [7, 11) is 1.59. The quantitative estimate of drug-likeness (QED) is 0.364. The van der Waals surface area contributed by atoms with Gasteiger partial charge in [0.2, 0.25) is 5.91 Å². The molecule has 5 nitrogen and oxygen atoms in total. The van der Waals surface area contributed by atoms with Gasteiger partial charge in [0.25, 0.3) is 5.91 Å². The molecule has 9 heteroatoms. The lowest BCUT2D eigenvalue weighted by Gasteiger charge is -2.55. The summed E-state index contributed by atoms with van der Waals surface area (Å²) in [5.74, 6) is 2.27. The molecule has 0 spiro atoms. The Morgan fingerprint density at radius 1 is 1.23 bits per heavy atom. The number of hydrazine groups is 1. The van der Waals surface area contributed by atoms with Gasteiger partial charge in [-0.1, -0.05) is 27.7 Å². The number of rotatable bonds is 4. The predicted molar refractivity (Wildman–Crippen MR) is 132 cm³/mol. The first kappa shape index (κ1) is 21.9. The van der Waals surface area contributed by atoms with Crippen molar-refractivity contribution >= 4 is 78.1 Å². The van der Waals surface area contributed by atoms with Crippen LogP contribution < -0.4 is 10.2 Å². The summed E-state index contributed by atoms with van der Waals surface area (Å²) < 4.78 is 7.47. The average Bonchev–Trinajstić information content (AvgIpc) is 2.94. The second-order valence-corrected chi connectivity index (χ2v) is 12.6. The van der Waals surface area contributed by atoms with Crippen molar-refractivity contribution in [1.82, 2.24) is 10.4 Å². The first-order valence-corrected chi connectivity index (χ1v) is 13.2. The maximum Gasteiger partial charge on any atom is 0.285 e. The van der Waals surface area contributed by atoms with Crippen molar-refractivity contribution in [2.24, 2.45) is 23.2 Å². The molecule has 0 radical (unpaired) electrons. The van der Waals surface area contributed by atoms with Gasteiger partial charge in [0, 0.05) is 10.0 Å². The number of benzene rings is 1. The number of methoxy groups -OCH3 is 1. The van der Waals surface area contributed by atoms with Crippen LogP contribution in [0.25, 0.3) is 6.08 Å². The van der Waals surface area contributed by atoms with Crippen LogP contribution in [0.3, 0.4) is 0 Å². The number of halogens is 2. The van der Waals surface area contributed by atoms with E-state index in [-0.39, 0.29) is 17.2 Å². The van der Waals surface area contributed by atoms with E-state index >= 15 is 0 Å². The van der Waals surface area contributed by atoms with Crippen LogP contribution in [0.2, 0.25) is 0 Å². The van der Waals surface area contributed by atoms with Crippen molar-refractivity contribution in [3.8, 4) is 5.75 Å². The van der Waals surface area contributed by atoms with Gasteiger partial charge in [-0.25, -0.2) is 0 Å². The Labute approximate surface area is 207 Å². The largest absolute Gasteiger partial charge is 0.495 e. The number of hydrogen-bond donors (Lipinski definition) is 1. The average molecular weight is 586 g/mol. The lowest BCUT2D eigenvalue weighted by molar-refractivity contribution is -0.152. The van der Waals surface area contributed by atoms with E-state index in [0.717, 1.165) is 33.8 Å². The predicted octanol–water partition coefficient (Wildman–Crippen LogP) is 5.67. The maximum atomic E-state index is 13.4. The van der Waals surface area contributed by atoms with E-state index in [1.807, 2.05) is 12.1 Å². The number of nitrogens with zero attached hydrogens (tertiary/aromatic N) is 1. The van der Waals surface area contributed by atoms with Crippen LogP contribution in [0.4, 0.5) is 0 Å². The molecule has 1 aromatic rings. The minimum absolute atomic E-state index is 0.0352. The molecule has 4 saturated carbocycles. The fourth-order valence-electron chi connectivity index (χ4n) is 6.22. The second-order valence-electron chi connectivity index (χ2n) is 9.17. The van der Waals surface area contributed by atoms with Crippen LogP contribution >= 0.6 is 55.8 Å². The molecular formula is C22H22Br2N2O3S2. The molecule has 31 heavy (non-hydrogen) atoms. The Kier molecular flexibility index (Phi) is 5.76. The molecule has 5 fully saturated rings. The molecule has 164 valence electrons. The van der Waals surface area contributed by atoms with Gasteiger partial charge in [0.05, 0.1) is 21.9 Å². The van der Waals surface area contributed by atoms with Crippen LogP contribution in [-0.2, 0) is 9.59 Å². The topological polar surface area (TPSA) is 58.6 Å². The van der Waals surface area contributed by atoms with Gasteiger partial charge in [-0.05, 0) is 103 Å². The van der Waals surface area contributed by atoms with Crippen molar-refractivity contribution in [1.29, 1.82) is 0 Å². The monoisotopic (exact) mass is 584 g/mol. The minimum Gasteiger partial charge on any atom is -0.495 e. The molecule has 0 unspecified atom stereocenters. The minimum atomic E-state index is -0.333. The van der Waals surface area contributed by atoms with Crippen LogP contribution in [0, 0.1) is 23.2 Å². The third kappa shape index (κ3) is 3.89. The van der Waals surface area contributed by atoms with E-state index in [2.05, 4.69) is 37.3 Å². The number of hydrogen-bond acceptors (Lipinski definition) is 5. The Bertz CT molecular complexity index is 991. The van der Waals surface area contributed by atoms with E-state index in [1.54, 1.807) is 13.2 Å². The molecule has 1 saturated heterocycles. The van der Waals surface area contributed by atoms with Crippen molar-refractivity contribution in [2.75, 3.05) is 7.11 Å².